The molecule has 140 valence electrons. The van der Waals surface area contributed by atoms with Crippen molar-refractivity contribution >= 4 is 22.3 Å². The summed E-state index contributed by atoms with van der Waals surface area (Å²) in [4.78, 5) is 20.5. The average Bonchev–Trinajstić information content (AvgIpc) is 3.21. The minimum atomic E-state index is -0.543. The van der Waals surface area contributed by atoms with Crippen LogP contribution >= 0.6 is 11.3 Å². The summed E-state index contributed by atoms with van der Waals surface area (Å²) in [5.41, 5.74) is 0.693. The molecule has 1 saturated heterocycles. The molecule has 2 aromatic rings. The summed E-state index contributed by atoms with van der Waals surface area (Å²) in [6.07, 6.45) is 1.78. The number of aliphatic hydroxyl groups is 1. The quantitative estimate of drug-likeness (QED) is 0.714. The third-order valence-electron chi connectivity index (χ3n) is 4.47. The molecule has 0 spiro atoms. The molecular weight excluding hydrogens is 350 g/mol. The molecule has 1 aromatic heterocycles. The van der Waals surface area contributed by atoms with Gasteiger partial charge in [-0.3, -0.25) is 9.69 Å². The van der Waals surface area contributed by atoms with Gasteiger partial charge in [-0.1, -0.05) is 6.92 Å². The van der Waals surface area contributed by atoms with E-state index < -0.39 is 6.10 Å². The highest BCUT2D eigenvalue weighted by Gasteiger charge is 2.20. The summed E-state index contributed by atoms with van der Waals surface area (Å²) in [6.45, 7) is 6.35. The van der Waals surface area contributed by atoms with Gasteiger partial charge >= 0.3 is 0 Å². The van der Waals surface area contributed by atoms with E-state index >= 15 is 0 Å². The van der Waals surface area contributed by atoms with E-state index in [4.69, 9.17) is 4.74 Å². The van der Waals surface area contributed by atoms with Gasteiger partial charge < -0.3 is 14.7 Å². The Morgan fingerprint density at radius 1 is 1.27 bits per heavy atom. The number of piperazine rings is 1. The molecule has 1 N–H and O–H groups in total. The number of aromatic nitrogens is 1. The Kier molecular flexibility index (Phi) is 6.60. The van der Waals surface area contributed by atoms with Crippen molar-refractivity contribution in [2.45, 2.75) is 19.4 Å². The number of Topliss-reactive ketones (excluding diaryl/α,β-unsaturated/α-hetero) is 1. The average molecular weight is 375 g/mol. The highest BCUT2D eigenvalue weighted by atomic mass is 32.1. The lowest BCUT2D eigenvalue weighted by Crippen LogP contribution is -2.49. The Morgan fingerprint density at radius 2 is 2.00 bits per heavy atom. The standard InChI is InChI=1S/C19H25N3O3S/c1-2-18(24)15-3-5-17(6-4-15)25-14-16(23)13-21-8-10-22(11-9-21)19-20-7-12-26-19/h3-7,12,16,23H,2,8-11,13-14H2,1H3/t16-/m1/s1. The number of rotatable bonds is 8. The number of benzene rings is 1. The molecule has 1 aliphatic rings. The maximum absolute atomic E-state index is 11.6. The first-order valence-electron chi connectivity index (χ1n) is 8.96. The number of β-amino-alcohol motifs (C(OH)–C–C–N with tert-alkyl or cyclic N) is 1. The van der Waals surface area contributed by atoms with Gasteiger partial charge in [-0.2, -0.15) is 0 Å². The summed E-state index contributed by atoms with van der Waals surface area (Å²) >= 11 is 1.66. The highest BCUT2D eigenvalue weighted by molar-refractivity contribution is 7.13. The molecule has 0 radical (unpaired) electrons. The second-order valence-electron chi connectivity index (χ2n) is 6.37. The van der Waals surface area contributed by atoms with Crippen LogP contribution in [0.5, 0.6) is 5.75 Å². The van der Waals surface area contributed by atoms with E-state index in [2.05, 4.69) is 14.8 Å². The maximum Gasteiger partial charge on any atom is 0.185 e. The number of carbonyl (C=O) groups is 1. The van der Waals surface area contributed by atoms with Crippen molar-refractivity contribution in [3.8, 4) is 5.75 Å². The number of ether oxygens (including phenoxy) is 1. The van der Waals surface area contributed by atoms with Crippen LogP contribution in [0, 0.1) is 0 Å². The van der Waals surface area contributed by atoms with Crippen LogP contribution in [-0.2, 0) is 0 Å². The minimum Gasteiger partial charge on any atom is -0.491 e. The van der Waals surface area contributed by atoms with Crippen LogP contribution in [0.2, 0.25) is 0 Å². The zero-order chi connectivity index (χ0) is 18.4. The monoisotopic (exact) mass is 375 g/mol. The number of hydrogen-bond donors (Lipinski definition) is 1. The first-order chi connectivity index (χ1) is 12.7. The summed E-state index contributed by atoms with van der Waals surface area (Å²) in [7, 11) is 0. The largest absolute Gasteiger partial charge is 0.491 e. The summed E-state index contributed by atoms with van der Waals surface area (Å²) in [5, 5.41) is 13.3. The zero-order valence-corrected chi connectivity index (χ0v) is 15.8. The van der Waals surface area contributed by atoms with E-state index in [0.717, 1.165) is 31.3 Å². The van der Waals surface area contributed by atoms with Crippen LogP contribution in [0.4, 0.5) is 5.13 Å². The van der Waals surface area contributed by atoms with E-state index in [1.165, 1.54) is 0 Å². The number of anilines is 1. The predicted octanol–water partition coefficient (Wildman–Crippen LogP) is 2.30. The van der Waals surface area contributed by atoms with Gasteiger partial charge in [0.05, 0.1) is 0 Å². The first-order valence-corrected chi connectivity index (χ1v) is 9.84. The maximum atomic E-state index is 11.6. The van der Waals surface area contributed by atoms with Crippen LogP contribution < -0.4 is 9.64 Å². The minimum absolute atomic E-state index is 0.119. The van der Waals surface area contributed by atoms with Crippen LogP contribution in [0.1, 0.15) is 23.7 Å². The van der Waals surface area contributed by atoms with E-state index in [0.29, 0.717) is 24.3 Å². The Morgan fingerprint density at radius 3 is 2.62 bits per heavy atom. The molecule has 2 heterocycles. The second-order valence-corrected chi connectivity index (χ2v) is 7.24. The molecule has 0 aliphatic carbocycles. The van der Waals surface area contributed by atoms with Gasteiger partial charge in [0.15, 0.2) is 10.9 Å². The van der Waals surface area contributed by atoms with Gasteiger partial charge in [0, 0.05) is 56.3 Å². The molecule has 26 heavy (non-hydrogen) atoms. The molecule has 0 saturated carbocycles. The van der Waals surface area contributed by atoms with Crippen molar-refractivity contribution in [3.05, 3.63) is 41.4 Å². The highest BCUT2D eigenvalue weighted by Crippen LogP contribution is 2.19. The summed E-state index contributed by atoms with van der Waals surface area (Å²) in [6, 6.07) is 7.10. The van der Waals surface area contributed by atoms with E-state index in [9.17, 15) is 9.90 Å². The smallest absolute Gasteiger partial charge is 0.185 e. The SMILES string of the molecule is CCC(=O)c1ccc(OC[C@H](O)CN2CCN(c3nccs3)CC2)cc1. The number of ketones is 1. The van der Waals surface area contributed by atoms with Crippen LogP contribution in [0.25, 0.3) is 0 Å². The molecule has 6 nitrogen and oxygen atoms in total. The van der Waals surface area contributed by atoms with Crippen molar-refractivity contribution in [1.29, 1.82) is 0 Å². The Labute approximate surface area is 158 Å². The van der Waals surface area contributed by atoms with Gasteiger partial charge in [0.2, 0.25) is 0 Å². The number of aliphatic hydroxyl groups excluding tert-OH is 1. The summed E-state index contributed by atoms with van der Waals surface area (Å²) < 4.78 is 5.65. The van der Waals surface area contributed by atoms with Crippen molar-refractivity contribution in [1.82, 2.24) is 9.88 Å². The molecule has 0 amide bonds. The zero-order valence-electron chi connectivity index (χ0n) is 15.0. The molecular formula is C19H25N3O3S. The summed E-state index contributed by atoms with van der Waals surface area (Å²) in [5.74, 6) is 0.791. The lowest BCUT2D eigenvalue weighted by atomic mass is 10.1. The fraction of sp³-hybridized carbons (Fsp3) is 0.474. The number of carbonyl (C=O) groups excluding carboxylic acids is 1. The van der Waals surface area contributed by atoms with Gasteiger partial charge in [0.1, 0.15) is 18.5 Å². The van der Waals surface area contributed by atoms with Crippen molar-refractivity contribution in [2.75, 3.05) is 44.2 Å². The first kappa shape index (κ1) is 18.8. The number of thiazole rings is 1. The molecule has 7 heteroatoms. The number of hydrogen-bond acceptors (Lipinski definition) is 7. The fourth-order valence-electron chi connectivity index (χ4n) is 2.98. The third kappa shape index (κ3) is 5.03. The van der Waals surface area contributed by atoms with E-state index in [-0.39, 0.29) is 12.4 Å². The Hall–Kier alpha value is -1.96. The topological polar surface area (TPSA) is 65.9 Å². The lowest BCUT2D eigenvalue weighted by Gasteiger charge is -2.35. The van der Waals surface area contributed by atoms with E-state index in [1.54, 1.807) is 35.6 Å². The third-order valence-corrected chi connectivity index (χ3v) is 5.30. The van der Waals surface area contributed by atoms with Crippen molar-refractivity contribution < 1.29 is 14.6 Å². The van der Waals surface area contributed by atoms with Gasteiger partial charge in [-0.15, -0.1) is 11.3 Å². The van der Waals surface area contributed by atoms with Crippen LogP contribution in [-0.4, -0.2) is 66.2 Å². The molecule has 3 rings (SSSR count). The van der Waals surface area contributed by atoms with Crippen LogP contribution in [0.15, 0.2) is 35.8 Å². The fourth-order valence-corrected chi connectivity index (χ4v) is 3.67. The molecule has 1 aromatic carbocycles. The predicted molar refractivity (Wildman–Crippen MR) is 103 cm³/mol. The number of nitrogens with zero attached hydrogens (tertiary/aromatic N) is 3. The van der Waals surface area contributed by atoms with Gasteiger partial charge in [-0.05, 0) is 24.3 Å². The van der Waals surface area contributed by atoms with Gasteiger partial charge in [0.25, 0.3) is 0 Å². The molecule has 1 fully saturated rings. The molecule has 0 bridgehead atoms. The molecule has 0 unspecified atom stereocenters. The van der Waals surface area contributed by atoms with Crippen LogP contribution in [0.3, 0.4) is 0 Å². The Balaban J connectivity index is 1.39. The normalized spacial score (nSPS) is 16.5. The van der Waals surface area contributed by atoms with E-state index in [1.807, 2.05) is 18.5 Å². The lowest BCUT2D eigenvalue weighted by molar-refractivity contribution is 0.0663. The van der Waals surface area contributed by atoms with Crippen molar-refractivity contribution in [3.63, 3.8) is 0 Å². The Bertz CT molecular complexity index is 683. The second kappa shape index (κ2) is 9.12. The molecule has 1 aliphatic heterocycles. The molecule has 1 atom stereocenters. The van der Waals surface area contributed by atoms with Gasteiger partial charge in [-0.25, -0.2) is 4.98 Å². The van der Waals surface area contributed by atoms with Crippen molar-refractivity contribution in [2.24, 2.45) is 0 Å².